The van der Waals surface area contributed by atoms with Gasteiger partial charge >= 0.3 is 0 Å². The van der Waals surface area contributed by atoms with Crippen LogP contribution >= 0.6 is 0 Å². The highest BCUT2D eigenvalue weighted by Gasteiger charge is 2.57. The zero-order chi connectivity index (χ0) is 12.9. The van der Waals surface area contributed by atoms with Crippen molar-refractivity contribution >= 4 is 0 Å². The van der Waals surface area contributed by atoms with Crippen molar-refractivity contribution in [3.05, 3.63) is 24.0 Å². The monoisotopic (exact) mass is 258 g/mol. The lowest BCUT2D eigenvalue weighted by atomic mass is 9.42. The molecule has 4 bridgehead atoms. The highest BCUT2D eigenvalue weighted by atomic mass is 14.7. The third kappa shape index (κ3) is 1.79. The van der Waals surface area contributed by atoms with Gasteiger partial charge in [0, 0.05) is 12.4 Å². The maximum atomic E-state index is 5.78. The standard InChI is InChI=1S/C17H26N2/c18-4-1-3-16-7-13-6-14(8-16)10-17(9-13,12-16)15-2-5-19-11-15/h2,5,11,13-14,19H,1,3-4,6-10,12,18H2. The molecule has 4 saturated carbocycles. The smallest absolute Gasteiger partial charge is 0.00430 e. The topological polar surface area (TPSA) is 41.8 Å². The van der Waals surface area contributed by atoms with Gasteiger partial charge in [-0.05, 0) is 92.2 Å². The van der Waals surface area contributed by atoms with Gasteiger partial charge in [0.1, 0.15) is 0 Å². The van der Waals surface area contributed by atoms with E-state index >= 15 is 0 Å². The largest absolute Gasteiger partial charge is 0.367 e. The number of aromatic amines is 1. The molecule has 0 saturated heterocycles. The van der Waals surface area contributed by atoms with Gasteiger partial charge in [0.15, 0.2) is 0 Å². The average Bonchev–Trinajstić information content (AvgIpc) is 2.89. The number of H-pyrrole nitrogens is 1. The van der Waals surface area contributed by atoms with E-state index in [0.717, 1.165) is 18.4 Å². The van der Waals surface area contributed by atoms with Crippen LogP contribution in [0.2, 0.25) is 0 Å². The highest BCUT2D eigenvalue weighted by molar-refractivity contribution is 5.28. The molecule has 19 heavy (non-hydrogen) atoms. The van der Waals surface area contributed by atoms with E-state index < -0.39 is 0 Å². The maximum absolute atomic E-state index is 5.78. The molecule has 4 fully saturated rings. The molecule has 1 heterocycles. The van der Waals surface area contributed by atoms with Crippen molar-refractivity contribution in [3.8, 4) is 0 Å². The van der Waals surface area contributed by atoms with Gasteiger partial charge in [-0.15, -0.1) is 0 Å². The number of nitrogens with one attached hydrogen (secondary N) is 1. The van der Waals surface area contributed by atoms with Crippen molar-refractivity contribution < 1.29 is 0 Å². The Morgan fingerprint density at radius 1 is 1.21 bits per heavy atom. The number of aromatic nitrogens is 1. The normalized spacial score (nSPS) is 43.8. The first kappa shape index (κ1) is 12.0. The zero-order valence-electron chi connectivity index (χ0n) is 11.8. The van der Waals surface area contributed by atoms with Crippen molar-refractivity contribution in [2.45, 2.75) is 56.8 Å². The molecule has 3 N–H and O–H groups in total. The van der Waals surface area contributed by atoms with Gasteiger partial charge < -0.3 is 10.7 Å². The summed E-state index contributed by atoms with van der Waals surface area (Å²) in [6.45, 7) is 0.869. The first-order chi connectivity index (χ1) is 9.24. The molecule has 1 aromatic heterocycles. The van der Waals surface area contributed by atoms with Gasteiger partial charge in [0.2, 0.25) is 0 Å². The van der Waals surface area contributed by atoms with E-state index in [1.54, 1.807) is 5.56 Å². The Morgan fingerprint density at radius 3 is 2.63 bits per heavy atom. The number of hydrogen-bond donors (Lipinski definition) is 2. The van der Waals surface area contributed by atoms with Gasteiger partial charge in [0.25, 0.3) is 0 Å². The second-order valence-electron chi connectivity index (χ2n) is 7.73. The van der Waals surface area contributed by atoms with E-state index in [0.29, 0.717) is 10.8 Å². The van der Waals surface area contributed by atoms with Crippen molar-refractivity contribution in [3.63, 3.8) is 0 Å². The van der Waals surface area contributed by atoms with Crippen molar-refractivity contribution in [1.29, 1.82) is 0 Å². The molecule has 2 unspecified atom stereocenters. The Bertz CT molecular complexity index is 434. The SMILES string of the molecule is NCCCC12CC3CC(C1)CC(c1cc[nH]c1)(C3)C2. The molecule has 0 radical (unpaired) electrons. The first-order valence-electron chi connectivity index (χ1n) is 8.07. The number of nitrogens with two attached hydrogens (primary N) is 1. The van der Waals surface area contributed by atoms with E-state index in [-0.39, 0.29) is 0 Å². The first-order valence-corrected chi connectivity index (χ1v) is 8.07. The fourth-order valence-electron chi connectivity index (χ4n) is 6.21. The molecule has 4 aliphatic carbocycles. The third-order valence-electron chi connectivity index (χ3n) is 6.30. The van der Waals surface area contributed by atoms with E-state index in [9.17, 15) is 0 Å². The molecule has 5 rings (SSSR count). The van der Waals surface area contributed by atoms with E-state index in [1.165, 1.54) is 51.4 Å². The summed E-state index contributed by atoms with van der Waals surface area (Å²) < 4.78 is 0. The van der Waals surface area contributed by atoms with Gasteiger partial charge in [0.05, 0.1) is 0 Å². The summed E-state index contributed by atoms with van der Waals surface area (Å²) in [5.74, 6) is 1.99. The van der Waals surface area contributed by atoms with Crippen LogP contribution < -0.4 is 5.73 Å². The van der Waals surface area contributed by atoms with Crippen LogP contribution in [0.3, 0.4) is 0 Å². The van der Waals surface area contributed by atoms with Crippen molar-refractivity contribution in [2.75, 3.05) is 6.54 Å². The Labute approximate surface area is 116 Å². The van der Waals surface area contributed by atoms with Crippen LogP contribution in [-0.2, 0) is 5.41 Å². The second kappa shape index (κ2) is 4.12. The highest BCUT2D eigenvalue weighted by Crippen LogP contribution is 2.66. The van der Waals surface area contributed by atoms with Crippen LogP contribution in [0, 0.1) is 17.3 Å². The summed E-state index contributed by atoms with van der Waals surface area (Å²) in [6, 6.07) is 2.34. The van der Waals surface area contributed by atoms with Crippen LogP contribution in [-0.4, -0.2) is 11.5 Å². The minimum absolute atomic E-state index is 0.513. The lowest BCUT2D eigenvalue weighted by Gasteiger charge is -2.62. The van der Waals surface area contributed by atoms with Crippen LogP contribution in [0.5, 0.6) is 0 Å². The van der Waals surface area contributed by atoms with Gasteiger partial charge in [-0.25, -0.2) is 0 Å². The van der Waals surface area contributed by atoms with E-state index in [1.807, 2.05) is 0 Å². The van der Waals surface area contributed by atoms with Crippen molar-refractivity contribution in [1.82, 2.24) is 4.98 Å². The molecule has 0 aromatic carbocycles. The molecule has 2 atom stereocenters. The Hall–Kier alpha value is -0.760. The molecule has 0 aliphatic heterocycles. The molecule has 0 spiro atoms. The summed E-state index contributed by atoms with van der Waals surface area (Å²) in [4.78, 5) is 3.29. The molecule has 4 aliphatic rings. The van der Waals surface area contributed by atoms with Gasteiger partial charge in [-0.3, -0.25) is 0 Å². The number of rotatable bonds is 4. The Balaban J connectivity index is 1.68. The quantitative estimate of drug-likeness (QED) is 0.851. The van der Waals surface area contributed by atoms with Crippen LogP contribution in [0.1, 0.15) is 56.9 Å². The fourth-order valence-corrected chi connectivity index (χ4v) is 6.21. The van der Waals surface area contributed by atoms with Crippen LogP contribution in [0.15, 0.2) is 18.5 Å². The summed E-state index contributed by atoms with van der Waals surface area (Å²) in [6.07, 6.45) is 15.8. The third-order valence-corrected chi connectivity index (χ3v) is 6.30. The number of hydrogen-bond acceptors (Lipinski definition) is 1. The molecular weight excluding hydrogens is 232 g/mol. The lowest BCUT2D eigenvalue weighted by molar-refractivity contribution is -0.0766. The lowest BCUT2D eigenvalue weighted by Crippen LogP contribution is -2.53. The maximum Gasteiger partial charge on any atom is 0.00430 e. The average molecular weight is 258 g/mol. The molecule has 0 amide bonds. The second-order valence-corrected chi connectivity index (χ2v) is 7.73. The molecule has 104 valence electrons. The van der Waals surface area contributed by atoms with E-state index in [2.05, 4.69) is 23.4 Å². The fraction of sp³-hybridized carbons (Fsp3) is 0.765. The van der Waals surface area contributed by atoms with Crippen molar-refractivity contribution in [2.24, 2.45) is 23.0 Å². The van der Waals surface area contributed by atoms with Crippen LogP contribution in [0.25, 0.3) is 0 Å². The Kier molecular flexibility index (Phi) is 2.60. The predicted octanol–water partition coefficient (Wildman–Crippen LogP) is 3.59. The summed E-state index contributed by atoms with van der Waals surface area (Å²) in [7, 11) is 0. The summed E-state index contributed by atoms with van der Waals surface area (Å²) in [5.41, 5.74) is 8.53. The van der Waals surface area contributed by atoms with Crippen LogP contribution in [0.4, 0.5) is 0 Å². The molecular formula is C17H26N2. The predicted molar refractivity (Wildman–Crippen MR) is 77.9 cm³/mol. The van der Waals surface area contributed by atoms with E-state index in [4.69, 9.17) is 5.73 Å². The molecule has 2 heteroatoms. The Morgan fingerprint density at radius 2 is 2.00 bits per heavy atom. The zero-order valence-corrected chi connectivity index (χ0v) is 11.8. The van der Waals surface area contributed by atoms with Gasteiger partial charge in [-0.1, -0.05) is 0 Å². The summed E-state index contributed by atoms with van der Waals surface area (Å²) in [5, 5.41) is 0. The molecule has 1 aromatic rings. The van der Waals surface area contributed by atoms with Gasteiger partial charge in [-0.2, -0.15) is 0 Å². The minimum Gasteiger partial charge on any atom is -0.367 e. The minimum atomic E-state index is 0.513. The summed E-state index contributed by atoms with van der Waals surface area (Å²) >= 11 is 0. The molecule has 2 nitrogen and oxygen atoms in total.